The molecule has 0 spiro atoms. The summed E-state index contributed by atoms with van der Waals surface area (Å²) in [5.41, 5.74) is 1.83. The summed E-state index contributed by atoms with van der Waals surface area (Å²) in [6, 6.07) is 15.3. The molecule has 1 atom stereocenters. The maximum atomic E-state index is 12.4. The molecular formula is C22H21ClN2O3. The van der Waals surface area contributed by atoms with E-state index < -0.39 is 0 Å². The van der Waals surface area contributed by atoms with E-state index in [1.54, 1.807) is 12.3 Å². The van der Waals surface area contributed by atoms with Crippen molar-refractivity contribution in [3.63, 3.8) is 0 Å². The van der Waals surface area contributed by atoms with Crippen LogP contribution in [0, 0.1) is 5.92 Å². The molecule has 1 N–H and O–H groups in total. The Kier molecular flexibility index (Phi) is 5.63. The van der Waals surface area contributed by atoms with Gasteiger partial charge >= 0.3 is 0 Å². The standard InChI is InChI=1S/C22H21ClN2O3/c23-18-7-8-19-16(13-18)12-17(14-28-19)22(26)25-10-3-11-27-20-6-1-4-15-5-2-9-24-21(15)20/h1-2,4-9,13,17H,3,10-12,14H2,(H,25,26). The van der Waals surface area contributed by atoms with Crippen LogP contribution >= 0.6 is 11.6 Å². The highest BCUT2D eigenvalue weighted by molar-refractivity contribution is 6.30. The Labute approximate surface area is 168 Å². The highest BCUT2D eigenvalue weighted by atomic mass is 35.5. The highest BCUT2D eigenvalue weighted by Gasteiger charge is 2.25. The van der Waals surface area contributed by atoms with Gasteiger partial charge in [-0.25, -0.2) is 0 Å². The van der Waals surface area contributed by atoms with E-state index in [4.69, 9.17) is 21.1 Å². The van der Waals surface area contributed by atoms with Crippen LogP contribution in [0.5, 0.6) is 11.5 Å². The van der Waals surface area contributed by atoms with E-state index in [1.807, 2.05) is 42.5 Å². The van der Waals surface area contributed by atoms with E-state index in [-0.39, 0.29) is 11.8 Å². The van der Waals surface area contributed by atoms with Gasteiger partial charge in [-0.3, -0.25) is 9.78 Å². The lowest BCUT2D eigenvalue weighted by atomic mass is 9.96. The summed E-state index contributed by atoms with van der Waals surface area (Å²) in [5.74, 6) is 1.37. The number of fused-ring (bicyclic) bond motifs is 2. The predicted octanol–water partition coefficient (Wildman–Crippen LogP) is 4.02. The van der Waals surface area contributed by atoms with E-state index >= 15 is 0 Å². The zero-order valence-corrected chi connectivity index (χ0v) is 16.1. The Hall–Kier alpha value is -2.79. The molecule has 1 amide bonds. The molecule has 2 heterocycles. The fourth-order valence-corrected chi connectivity index (χ4v) is 3.53. The third-order valence-electron chi connectivity index (χ3n) is 4.77. The first-order valence-electron chi connectivity index (χ1n) is 9.36. The van der Waals surface area contributed by atoms with Gasteiger partial charge in [0.2, 0.25) is 5.91 Å². The monoisotopic (exact) mass is 396 g/mol. The Bertz CT molecular complexity index is 987. The molecule has 0 bridgehead atoms. The minimum absolute atomic E-state index is 0.00236. The number of nitrogens with one attached hydrogen (secondary N) is 1. The van der Waals surface area contributed by atoms with Gasteiger partial charge in [-0.15, -0.1) is 0 Å². The first-order chi connectivity index (χ1) is 13.7. The molecule has 144 valence electrons. The number of rotatable bonds is 6. The molecule has 0 saturated heterocycles. The van der Waals surface area contributed by atoms with Gasteiger partial charge < -0.3 is 14.8 Å². The maximum absolute atomic E-state index is 12.4. The molecule has 1 aliphatic heterocycles. The van der Waals surface area contributed by atoms with Crippen molar-refractivity contribution in [1.82, 2.24) is 10.3 Å². The van der Waals surface area contributed by atoms with E-state index in [0.29, 0.717) is 37.6 Å². The number of nitrogens with zero attached hydrogens (tertiary/aromatic N) is 1. The third-order valence-corrected chi connectivity index (χ3v) is 5.01. The Morgan fingerprint density at radius 3 is 3.07 bits per heavy atom. The van der Waals surface area contributed by atoms with Crippen LogP contribution < -0.4 is 14.8 Å². The van der Waals surface area contributed by atoms with Crippen molar-refractivity contribution in [3.8, 4) is 11.5 Å². The van der Waals surface area contributed by atoms with Gasteiger partial charge in [-0.2, -0.15) is 0 Å². The lowest BCUT2D eigenvalue weighted by Crippen LogP contribution is -2.38. The van der Waals surface area contributed by atoms with Crippen LogP contribution in [0.15, 0.2) is 54.7 Å². The summed E-state index contributed by atoms with van der Waals surface area (Å²) in [7, 11) is 0. The number of benzene rings is 2. The van der Waals surface area contributed by atoms with E-state index in [9.17, 15) is 4.79 Å². The normalized spacial score (nSPS) is 15.5. The summed E-state index contributed by atoms with van der Waals surface area (Å²) >= 11 is 6.03. The summed E-state index contributed by atoms with van der Waals surface area (Å²) in [5, 5.41) is 4.68. The second kappa shape index (κ2) is 8.48. The predicted molar refractivity (Wildman–Crippen MR) is 109 cm³/mol. The first-order valence-corrected chi connectivity index (χ1v) is 9.74. The Morgan fingerprint density at radius 2 is 2.14 bits per heavy atom. The van der Waals surface area contributed by atoms with Crippen LogP contribution in [0.25, 0.3) is 10.9 Å². The molecule has 4 rings (SSSR count). The van der Waals surface area contributed by atoms with E-state index in [0.717, 1.165) is 28.0 Å². The molecule has 6 heteroatoms. The summed E-state index contributed by atoms with van der Waals surface area (Å²) in [6.07, 6.45) is 3.11. The van der Waals surface area contributed by atoms with Crippen molar-refractivity contribution in [2.24, 2.45) is 5.92 Å². The molecule has 1 unspecified atom stereocenters. The molecular weight excluding hydrogens is 376 g/mol. The molecule has 5 nitrogen and oxygen atoms in total. The lowest BCUT2D eigenvalue weighted by Gasteiger charge is -2.24. The van der Waals surface area contributed by atoms with Gasteiger partial charge in [0.1, 0.15) is 23.6 Å². The Morgan fingerprint density at radius 1 is 1.25 bits per heavy atom. The van der Waals surface area contributed by atoms with Crippen LogP contribution in [0.1, 0.15) is 12.0 Å². The van der Waals surface area contributed by atoms with Crippen LogP contribution in [0.4, 0.5) is 0 Å². The van der Waals surface area contributed by atoms with Crippen molar-refractivity contribution in [2.45, 2.75) is 12.8 Å². The molecule has 3 aromatic rings. The number of carbonyl (C=O) groups is 1. The minimum atomic E-state index is -0.200. The SMILES string of the molecule is O=C(NCCCOc1cccc2cccnc12)C1COc2ccc(Cl)cc2C1. The Balaban J connectivity index is 1.24. The van der Waals surface area contributed by atoms with Gasteiger partial charge in [-0.1, -0.05) is 29.8 Å². The zero-order chi connectivity index (χ0) is 19.3. The molecule has 0 fully saturated rings. The van der Waals surface area contributed by atoms with E-state index in [1.165, 1.54) is 0 Å². The summed E-state index contributed by atoms with van der Waals surface area (Å²) < 4.78 is 11.5. The van der Waals surface area contributed by atoms with Gasteiger partial charge in [-0.05, 0) is 48.7 Å². The number of amides is 1. The fraction of sp³-hybridized carbons (Fsp3) is 0.273. The summed E-state index contributed by atoms with van der Waals surface area (Å²) in [6.45, 7) is 1.45. The second-order valence-electron chi connectivity index (χ2n) is 6.79. The molecule has 0 radical (unpaired) electrons. The number of halogens is 1. The minimum Gasteiger partial charge on any atom is -0.492 e. The fourth-order valence-electron chi connectivity index (χ4n) is 3.33. The number of hydrogen-bond acceptors (Lipinski definition) is 4. The zero-order valence-electron chi connectivity index (χ0n) is 15.4. The first kappa shape index (κ1) is 18.6. The number of ether oxygens (including phenoxy) is 2. The van der Waals surface area contributed by atoms with Crippen LogP contribution in [-0.4, -0.2) is 30.6 Å². The number of pyridine rings is 1. The van der Waals surface area contributed by atoms with Gasteiger partial charge in [0, 0.05) is 23.2 Å². The van der Waals surface area contributed by atoms with Gasteiger partial charge in [0.05, 0.1) is 12.5 Å². The van der Waals surface area contributed by atoms with Crippen molar-refractivity contribution in [1.29, 1.82) is 0 Å². The number of para-hydroxylation sites is 1. The molecule has 1 aromatic heterocycles. The van der Waals surface area contributed by atoms with Gasteiger partial charge in [0.25, 0.3) is 0 Å². The summed E-state index contributed by atoms with van der Waals surface area (Å²) in [4.78, 5) is 16.8. The topological polar surface area (TPSA) is 60.5 Å². The highest BCUT2D eigenvalue weighted by Crippen LogP contribution is 2.29. The van der Waals surface area contributed by atoms with Gasteiger partial charge in [0.15, 0.2) is 0 Å². The lowest BCUT2D eigenvalue weighted by molar-refractivity contribution is -0.126. The molecule has 1 aliphatic rings. The smallest absolute Gasteiger partial charge is 0.226 e. The van der Waals surface area contributed by atoms with Crippen molar-refractivity contribution in [3.05, 3.63) is 65.3 Å². The molecule has 0 saturated carbocycles. The number of hydrogen-bond donors (Lipinski definition) is 1. The average Bonchev–Trinajstić information content (AvgIpc) is 2.73. The number of aromatic nitrogens is 1. The largest absolute Gasteiger partial charge is 0.492 e. The van der Waals surface area contributed by atoms with E-state index in [2.05, 4.69) is 10.3 Å². The molecule has 0 aliphatic carbocycles. The van der Waals surface area contributed by atoms with Crippen molar-refractivity contribution < 1.29 is 14.3 Å². The number of carbonyl (C=O) groups excluding carboxylic acids is 1. The quantitative estimate of drug-likeness (QED) is 0.639. The molecule has 28 heavy (non-hydrogen) atoms. The van der Waals surface area contributed by atoms with Crippen molar-refractivity contribution in [2.75, 3.05) is 19.8 Å². The van der Waals surface area contributed by atoms with Crippen LogP contribution in [0.3, 0.4) is 0 Å². The van der Waals surface area contributed by atoms with Crippen molar-refractivity contribution >= 4 is 28.4 Å². The second-order valence-corrected chi connectivity index (χ2v) is 7.22. The third kappa shape index (κ3) is 4.20. The molecule has 2 aromatic carbocycles. The maximum Gasteiger partial charge on any atom is 0.226 e. The van der Waals surface area contributed by atoms with Crippen LogP contribution in [0.2, 0.25) is 5.02 Å². The van der Waals surface area contributed by atoms with Crippen LogP contribution in [-0.2, 0) is 11.2 Å². The average molecular weight is 397 g/mol.